The van der Waals surface area contributed by atoms with Gasteiger partial charge in [0, 0.05) is 25.2 Å². The summed E-state index contributed by atoms with van der Waals surface area (Å²) in [6.07, 6.45) is 4.59. The molecule has 1 atom stereocenters. The first-order valence-corrected chi connectivity index (χ1v) is 10.3. The Labute approximate surface area is 163 Å². The predicted octanol–water partition coefficient (Wildman–Crippen LogP) is 4.59. The summed E-state index contributed by atoms with van der Waals surface area (Å²) in [7, 11) is 0. The number of amides is 1. The highest BCUT2D eigenvalue weighted by molar-refractivity contribution is 5.94. The van der Waals surface area contributed by atoms with Gasteiger partial charge in [0.15, 0.2) is 0 Å². The largest absolute Gasteiger partial charge is 0.352 e. The predicted molar refractivity (Wildman–Crippen MR) is 112 cm³/mol. The third-order valence-corrected chi connectivity index (χ3v) is 5.41. The van der Waals surface area contributed by atoms with Gasteiger partial charge in [0.25, 0.3) is 5.91 Å². The summed E-state index contributed by atoms with van der Waals surface area (Å²) in [4.78, 5) is 14.8. The first kappa shape index (κ1) is 19.6. The van der Waals surface area contributed by atoms with Gasteiger partial charge in [-0.1, -0.05) is 48.9 Å². The molecule has 1 fully saturated rings. The van der Waals surface area contributed by atoms with Crippen molar-refractivity contribution in [3.05, 3.63) is 70.8 Å². The second-order valence-corrected chi connectivity index (χ2v) is 8.02. The minimum atomic E-state index is 0.0250. The lowest BCUT2D eigenvalue weighted by molar-refractivity contribution is 0.0953. The summed E-state index contributed by atoms with van der Waals surface area (Å²) in [6.45, 7) is 8.50. The number of nitrogens with one attached hydrogen (secondary N) is 1. The van der Waals surface area contributed by atoms with Crippen LogP contribution in [-0.4, -0.2) is 30.4 Å². The highest BCUT2D eigenvalue weighted by atomic mass is 16.1. The number of benzene rings is 2. The molecule has 1 saturated heterocycles. The second kappa shape index (κ2) is 9.70. The maximum absolute atomic E-state index is 12.3. The molecule has 0 aromatic heterocycles. The van der Waals surface area contributed by atoms with E-state index in [9.17, 15) is 4.79 Å². The molecule has 144 valence electrons. The minimum absolute atomic E-state index is 0.0250. The molecule has 1 N–H and O–H groups in total. The van der Waals surface area contributed by atoms with Gasteiger partial charge in [-0.2, -0.15) is 0 Å². The number of piperidine rings is 1. The number of hydrogen-bond acceptors (Lipinski definition) is 2. The third-order valence-electron chi connectivity index (χ3n) is 5.41. The zero-order chi connectivity index (χ0) is 19.1. The van der Waals surface area contributed by atoms with Crippen LogP contribution in [0, 0.1) is 12.8 Å². The van der Waals surface area contributed by atoms with Gasteiger partial charge >= 0.3 is 0 Å². The van der Waals surface area contributed by atoms with E-state index in [4.69, 9.17) is 0 Å². The fourth-order valence-corrected chi connectivity index (χ4v) is 3.80. The van der Waals surface area contributed by atoms with Crippen LogP contribution in [0.5, 0.6) is 0 Å². The van der Waals surface area contributed by atoms with E-state index in [0.717, 1.165) is 30.9 Å². The molecule has 2 aromatic carbocycles. The molecule has 1 aliphatic heterocycles. The number of likely N-dealkylation sites (tertiary alicyclic amines) is 1. The van der Waals surface area contributed by atoms with Crippen LogP contribution in [0.3, 0.4) is 0 Å². The van der Waals surface area contributed by atoms with Gasteiger partial charge in [0.1, 0.15) is 0 Å². The van der Waals surface area contributed by atoms with Crippen LogP contribution < -0.4 is 5.32 Å². The lowest BCUT2D eigenvalue weighted by Crippen LogP contribution is -2.33. The summed E-state index contributed by atoms with van der Waals surface area (Å²) < 4.78 is 0. The van der Waals surface area contributed by atoms with Gasteiger partial charge in [-0.3, -0.25) is 9.69 Å². The Bertz CT molecular complexity index is 721. The van der Waals surface area contributed by atoms with Crippen molar-refractivity contribution < 1.29 is 4.79 Å². The fourth-order valence-electron chi connectivity index (χ4n) is 3.80. The van der Waals surface area contributed by atoms with Gasteiger partial charge in [0.2, 0.25) is 0 Å². The minimum Gasteiger partial charge on any atom is -0.352 e. The first-order chi connectivity index (χ1) is 13.1. The molecule has 0 bridgehead atoms. The molecule has 0 aliphatic carbocycles. The Morgan fingerprint density at radius 3 is 2.48 bits per heavy atom. The maximum Gasteiger partial charge on any atom is 0.251 e. The second-order valence-electron chi connectivity index (χ2n) is 8.02. The SMILES string of the molecule is Cc1ccc(CCCNC(=O)c2ccc(CN3CCC[C@@H](C)C3)cc2)cc1. The molecule has 27 heavy (non-hydrogen) atoms. The van der Waals surface area contributed by atoms with E-state index in [2.05, 4.69) is 60.5 Å². The van der Waals surface area contributed by atoms with Gasteiger partial charge in [-0.05, 0) is 68.3 Å². The molecule has 0 saturated carbocycles. The van der Waals surface area contributed by atoms with Crippen molar-refractivity contribution in [2.24, 2.45) is 5.92 Å². The van der Waals surface area contributed by atoms with Crippen molar-refractivity contribution in [2.45, 2.75) is 46.1 Å². The number of carbonyl (C=O) groups is 1. The Hall–Kier alpha value is -2.13. The fraction of sp³-hybridized carbons (Fsp3) is 0.458. The highest BCUT2D eigenvalue weighted by Crippen LogP contribution is 2.18. The topological polar surface area (TPSA) is 32.3 Å². The molecule has 0 unspecified atom stereocenters. The maximum atomic E-state index is 12.3. The van der Waals surface area contributed by atoms with Crippen molar-refractivity contribution in [2.75, 3.05) is 19.6 Å². The Kier molecular flexibility index (Phi) is 7.05. The quantitative estimate of drug-likeness (QED) is 0.729. The summed E-state index contributed by atoms with van der Waals surface area (Å²) in [5.74, 6) is 0.820. The number of nitrogens with zero attached hydrogens (tertiary/aromatic N) is 1. The van der Waals surface area contributed by atoms with E-state index in [1.165, 1.54) is 42.6 Å². The van der Waals surface area contributed by atoms with E-state index in [-0.39, 0.29) is 5.91 Å². The number of hydrogen-bond donors (Lipinski definition) is 1. The van der Waals surface area contributed by atoms with E-state index in [0.29, 0.717) is 6.54 Å². The summed E-state index contributed by atoms with van der Waals surface area (Å²) >= 11 is 0. The van der Waals surface area contributed by atoms with Crippen molar-refractivity contribution in [1.29, 1.82) is 0 Å². The smallest absolute Gasteiger partial charge is 0.251 e. The first-order valence-electron chi connectivity index (χ1n) is 10.3. The molecule has 2 aromatic rings. The van der Waals surface area contributed by atoms with Crippen molar-refractivity contribution in [3.63, 3.8) is 0 Å². The third kappa shape index (κ3) is 6.21. The highest BCUT2D eigenvalue weighted by Gasteiger charge is 2.16. The van der Waals surface area contributed by atoms with Crippen LogP contribution in [-0.2, 0) is 13.0 Å². The van der Waals surface area contributed by atoms with Crippen LogP contribution >= 0.6 is 0 Å². The van der Waals surface area contributed by atoms with E-state index >= 15 is 0 Å². The summed E-state index contributed by atoms with van der Waals surface area (Å²) in [6, 6.07) is 16.7. The lowest BCUT2D eigenvalue weighted by atomic mass is 9.99. The summed E-state index contributed by atoms with van der Waals surface area (Å²) in [5.41, 5.74) is 4.65. The molecule has 3 nitrogen and oxygen atoms in total. The van der Waals surface area contributed by atoms with Crippen LogP contribution in [0.15, 0.2) is 48.5 Å². The molecule has 1 amide bonds. The lowest BCUT2D eigenvalue weighted by Gasteiger charge is -2.30. The van der Waals surface area contributed by atoms with Crippen molar-refractivity contribution in [3.8, 4) is 0 Å². The van der Waals surface area contributed by atoms with Gasteiger partial charge in [0.05, 0.1) is 0 Å². The average molecular weight is 365 g/mol. The number of rotatable bonds is 7. The molecule has 3 heteroatoms. The Balaban J connectivity index is 1.41. The molecular weight excluding hydrogens is 332 g/mol. The van der Waals surface area contributed by atoms with E-state index in [1.54, 1.807) is 0 Å². The monoisotopic (exact) mass is 364 g/mol. The van der Waals surface area contributed by atoms with Crippen molar-refractivity contribution in [1.82, 2.24) is 10.2 Å². The Morgan fingerprint density at radius 1 is 1.07 bits per heavy atom. The normalized spacial score (nSPS) is 17.6. The number of aryl methyl sites for hydroxylation is 2. The van der Waals surface area contributed by atoms with Gasteiger partial charge in [-0.15, -0.1) is 0 Å². The van der Waals surface area contributed by atoms with Crippen LogP contribution in [0.1, 0.15) is 53.2 Å². The average Bonchev–Trinajstić information content (AvgIpc) is 2.67. The standard InChI is InChI=1S/C24H32N2O/c1-19-7-9-21(10-8-19)6-3-15-25-24(27)23-13-11-22(12-14-23)18-26-16-4-5-20(2)17-26/h7-14,20H,3-6,15-18H2,1-2H3,(H,25,27)/t20-/m1/s1. The molecular formula is C24H32N2O. The van der Waals surface area contributed by atoms with Crippen LogP contribution in [0.4, 0.5) is 0 Å². The summed E-state index contributed by atoms with van der Waals surface area (Å²) in [5, 5.41) is 3.04. The van der Waals surface area contributed by atoms with E-state index < -0.39 is 0 Å². The number of carbonyl (C=O) groups excluding carboxylic acids is 1. The molecule has 1 heterocycles. The van der Waals surface area contributed by atoms with Crippen LogP contribution in [0.25, 0.3) is 0 Å². The zero-order valence-electron chi connectivity index (χ0n) is 16.7. The van der Waals surface area contributed by atoms with Gasteiger partial charge < -0.3 is 5.32 Å². The Morgan fingerprint density at radius 2 is 1.78 bits per heavy atom. The molecule has 0 spiro atoms. The molecule has 3 rings (SSSR count). The van der Waals surface area contributed by atoms with E-state index in [1.807, 2.05) is 12.1 Å². The van der Waals surface area contributed by atoms with Crippen LogP contribution in [0.2, 0.25) is 0 Å². The molecule has 0 radical (unpaired) electrons. The molecule has 1 aliphatic rings. The van der Waals surface area contributed by atoms with Gasteiger partial charge in [-0.25, -0.2) is 0 Å². The van der Waals surface area contributed by atoms with Crippen molar-refractivity contribution >= 4 is 5.91 Å². The zero-order valence-corrected chi connectivity index (χ0v) is 16.7.